The van der Waals surface area contributed by atoms with Crippen LogP contribution in [0.2, 0.25) is 0 Å². The predicted octanol–water partition coefficient (Wildman–Crippen LogP) is 2.04. The van der Waals surface area contributed by atoms with E-state index in [9.17, 15) is 14.4 Å². The Balaban J connectivity index is 1.35. The first-order valence-corrected chi connectivity index (χ1v) is 12.0. The maximum atomic E-state index is 13.3. The second kappa shape index (κ2) is 10.2. The van der Waals surface area contributed by atoms with Crippen molar-refractivity contribution in [3.05, 3.63) is 87.6 Å². The molecule has 2 aromatic heterocycles. The first kappa shape index (κ1) is 23.6. The van der Waals surface area contributed by atoms with E-state index in [-0.39, 0.29) is 35.9 Å². The summed E-state index contributed by atoms with van der Waals surface area (Å²) in [4.78, 5) is 45.0. The molecule has 1 amide bonds. The third-order valence-corrected chi connectivity index (χ3v) is 6.56. The van der Waals surface area contributed by atoms with Crippen molar-refractivity contribution in [3.63, 3.8) is 0 Å². The number of aromatic nitrogens is 2. The monoisotopic (exact) mass is 489 g/mol. The second-order valence-corrected chi connectivity index (χ2v) is 8.72. The molecule has 0 bridgehead atoms. The van der Waals surface area contributed by atoms with Gasteiger partial charge in [0.2, 0.25) is 0 Å². The highest BCUT2D eigenvalue weighted by molar-refractivity contribution is 5.93. The fraction of sp³-hybridized carbons (Fsp3) is 0.333. The molecular weight excluding hydrogens is 462 g/mol. The minimum absolute atomic E-state index is 0.126. The molecule has 186 valence electrons. The summed E-state index contributed by atoms with van der Waals surface area (Å²) >= 11 is 0. The molecule has 0 spiro atoms. The quantitative estimate of drug-likeness (QED) is 0.489. The molecule has 36 heavy (non-hydrogen) atoms. The number of pyridine rings is 2. The van der Waals surface area contributed by atoms with Crippen molar-refractivity contribution in [2.45, 2.75) is 31.9 Å². The maximum Gasteiger partial charge on any atom is 0.343 e. The first-order chi connectivity index (χ1) is 17.5. The van der Waals surface area contributed by atoms with E-state index in [1.54, 1.807) is 11.1 Å². The van der Waals surface area contributed by atoms with Crippen molar-refractivity contribution >= 4 is 11.9 Å². The number of benzene rings is 1. The Morgan fingerprint density at radius 1 is 1.11 bits per heavy atom. The number of esters is 1. The van der Waals surface area contributed by atoms with Crippen LogP contribution in [0.25, 0.3) is 0 Å². The van der Waals surface area contributed by atoms with Crippen LogP contribution in [0.1, 0.15) is 27.3 Å². The number of ether oxygens (including phenoxy) is 3. The van der Waals surface area contributed by atoms with Gasteiger partial charge < -0.3 is 23.7 Å². The third kappa shape index (κ3) is 4.68. The average Bonchev–Trinajstić information content (AvgIpc) is 3.21. The Morgan fingerprint density at radius 2 is 1.94 bits per heavy atom. The van der Waals surface area contributed by atoms with Gasteiger partial charge in [0.1, 0.15) is 17.1 Å². The maximum absolute atomic E-state index is 13.3. The summed E-state index contributed by atoms with van der Waals surface area (Å²) in [6.07, 6.45) is 2.45. The smallest absolute Gasteiger partial charge is 0.343 e. The Bertz CT molecular complexity index is 1310. The van der Waals surface area contributed by atoms with Crippen LogP contribution >= 0.6 is 0 Å². The molecule has 1 atom stereocenters. The molecule has 0 aliphatic carbocycles. The molecule has 0 unspecified atom stereocenters. The molecule has 0 saturated carbocycles. The number of carbonyl (C=O) groups is 2. The van der Waals surface area contributed by atoms with Crippen molar-refractivity contribution in [1.82, 2.24) is 14.5 Å². The molecule has 9 heteroatoms. The van der Waals surface area contributed by atoms with Crippen LogP contribution in [0.3, 0.4) is 0 Å². The number of fused-ring (bicyclic) bond motifs is 2. The molecule has 2 aliphatic heterocycles. The number of rotatable bonds is 6. The summed E-state index contributed by atoms with van der Waals surface area (Å²) < 4.78 is 18.3. The van der Waals surface area contributed by atoms with E-state index in [0.717, 1.165) is 17.0 Å². The molecule has 4 heterocycles. The molecule has 2 aliphatic rings. The second-order valence-electron chi connectivity index (χ2n) is 8.72. The Hall–Kier alpha value is -4.14. The van der Waals surface area contributed by atoms with E-state index in [1.807, 2.05) is 42.5 Å². The van der Waals surface area contributed by atoms with Crippen molar-refractivity contribution in [2.24, 2.45) is 0 Å². The number of hydrogen-bond donors (Lipinski definition) is 0. The van der Waals surface area contributed by atoms with Crippen LogP contribution in [0.15, 0.2) is 59.5 Å². The highest BCUT2D eigenvalue weighted by Gasteiger charge is 2.34. The van der Waals surface area contributed by atoms with Crippen LogP contribution in [-0.2, 0) is 35.3 Å². The van der Waals surface area contributed by atoms with Gasteiger partial charge in [0.15, 0.2) is 6.10 Å². The van der Waals surface area contributed by atoms with Gasteiger partial charge in [-0.25, -0.2) is 4.79 Å². The Kier molecular flexibility index (Phi) is 6.71. The molecule has 9 nitrogen and oxygen atoms in total. The minimum Gasteiger partial charge on any atom is -0.492 e. The molecule has 0 fully saturated rings. The van der Waals surface area contributed by atoms with Gasteiger partial charge in [-0.15, -0.1) is 0 Å². The SMILES string of the molecule is COC(=O)c1c(OCCc2ccccn2)cc(=O)n2c1CCN(C(=O)[C@H]1Cc3ccccc3O1)CC2. The number of methoxy groups -OCH3 is 1. The van der Waals surface area contributed by atoms with E-state index in [1.165, 1.54) is 17.7 Å². The standard InChI is InChI=1S/C27H27N3O6/c1-34-27(33)25-20-9-12-29(26(32)23-16-18-6-2-3-8-21(18)36-23)13-14-30(20)24(31)17-22(25)35-15-10-19-7-4-5-11-28-19/h2-8,11,17,23H,9-10,12-16H2,1H3/t23-/m1/s1. The lowest BCUT2D eigenvalue weighted by Gasteiger charge is -2.23. The van der Waals surface area contributed by atoms with Crippen molar-refractivity contribution in [1.29, 1.82) is 0 Å². The topological polar surface area (TPSA) is 100.0 Å². The largest absolute Gasteiger partial charge is 0.492 e. The summed E-state index contributed by atoms with van der Waals surface area (Å²) in [5.74, 6) is 0.202. The average molecular weight is 490 g/mol. The van der Waals surface area contributed by atoms with Gasteiger partial charge in [0.05, 0.1) is 13.7 Å². The zero-order chi connectivity index (χ0) is 25.1. The molecule has 0 saturated heterocycles. The van der Waals surface area contributed by atoms with E-state index < -0.39 is 12.1 Å². The zero-order valence-electron chi connectivity index (χ0n) is 20.0. The minimum atomic E-state index is -0.592. The van der Waals surface area contributed by atoms with Gasteiger partial charge in [0.25, 0.3) is 11.5 Å². The van der Waals surface area contributed by atoms with E-state index in [0.29, 0.717) is 38.0 Å². The summed E-state index contributed by atoms with van der Waals surface area (Å²) in [6.45, 7) is 1.18. The predicted molar refractivity (Wildman–Crippen MR) is 130 cm³/mol. The molecule has 0 N–H and O–H groups in total. The zero-order valence-corrected chi connectivity index (χ0v) is 20.0. The van der Waals surface area contributed by atoms with Crippen molar-refractivity contribution in [2.75, 3.05) is 26.8 Å². The lowest BCUT2D eigenvalue weighted by Crippen LogP contribution is -2.43. The van der Waals surface area contributed by atoms with Crippen LogP contribution in [0, 0.1) is 0 Å². The van der Waals surface area contributed by atoms with Crippen molar-refractivity contribution in [3.8, 4) is 11.5 Å². The van der Waals surface area contributed by atoms with E-state index in [4.69, 9.17) is 14.2 Å². The highest BCUT2D eigenvalue weighted by atomic mass is 16.5. The van der Waals surface area contributed by atoms with Gasteiger partial charge >= 0.3 is 5.97 Å². The van der Waals surface area contributed by atoms with Gasteiger partial charge in [-0.05, 0) is 23.8 Å². The summed E-state index contributed by atoms with van der Waals surface area (Å²) in [7, 11) is 1.30. The third-order valence-electron chi connectivity index (χ3n) is 6.56. The van der Waals surface area contributed by atoms with Crippen LogP contribution in [-0.4, -0.2) is 59.2 Å². The number of amides is 1. The molecule has 1 aromatic carbocycles. The van der Waals surface area contributed by atoms with Gasteiger partial charge in [-0.3, -0.25) is 14.6 Å². The van der Waals surface area contributed by atoms with Crippen LogP contribution < -0.4 is 15.0 Å². The summed E-state index contributed by atoms with van der Waals surface area (Å²) in [6, 6.07) is 14.5. The number of hydrogen-bond acceptors (Lipinski definition) is 7. The van der Waals surface area contributed by atoms with E-state index >= 15 is 0 Å². The lowest BCUT2D eigenvalue weighted by molar-refractivity contribution is -0.137. The highest BCUT2D eigenvalue weighted by Crippen LogP contribution is 2.30. The molecule has 3 aromatic rings. The fourth-order valence-corrected chi connectivity index (χ4v) is 4.74. The summed E-state index contributed by atoms with van der Waals surface area (Å²) in [5.41, 5.74) is 2.29. The number of carbonyl (C=O) groups excluding carboxylic acids is 2. The number of para-hydroxylation sites is 1. The Morgan fingerprint density at radius 3 is 2.72 bits per heavy atom. The molecule has 0 radical (unpaired) electrons. The van der Waals surface area contributed by atoms with E-state index in [2.05, 4.69) is 4.98 Å². The van der Waals surface area contributed by atoms with Gasteiger partial charge in [0, 0.05) is 62.5 Å². The van der Waals surface area contributed by atoms with Crippen LogP contribution in [0.4, 0.5) is 0 Å². The number of nitrogens with zero attached hydrogens (tertiary/aromatic N) is 3. The van der Waals surface area contributed by atoms with Crippen molar-refractivity contribution < 1.29 is 23.8 Å². The summed E-state index contributed by atoms with van der Waals surface area (Å²) in [5, 5.41) is 0. The first-order valence-electron chi connectivity index (χ1n) is 12.0. The normalized spacial score (nSPS) is 16.4. The molecule has 5 rings (SSSR count). The Labute approximate surface area is 208 Å². The fourth-order valence-electron chi connectivity index (χ4n) is 4.74. The van der Waals surface area contributed by atoms with Gasteiger partial charge in [-0.2, -0.15) is 0 Å². The molecular formula is C27H27N3O6. The van der Waals surface area contributed by atoms with Crippen LogP contribution in [0.5, 0.6) is 11.5 Å². The van der Waals surface area contributed by atoms with Gasteiger partial charge in [-0.1, -0.05) is 24.3 Å². The lowest BCUT2D eigenvalue weighted by atomic mass is 10.1.